The second kappa shape index (κ2) is 9.45. The van der Waals surface area contributed by atoms with Crippen LogP contribution in [0, 0.1) is 6.92 Å². The summed E-state index contributed by atoms with van der Waals surface area (Å²) in [4.78, 5) is 17.2. The first-order valence-electron chi connectivity index (χ1n) is 10.2. The van der Waals surface area contributed by atoms with Gasteiger partial charge in [-0.05, 0) is 43.7 Å². The van der Waals surface area contributed by atoms with Crippen LogP contribution in [0.25, 0.3) is 10.9 Å². The SMILES string of the molecule is CCN(CC)S(=O)(=O)c1cc(NC(=O)C(C)Oc2cccc3cccnc23)ccc1C. The van der Waals surface area contributed by atoms with Crippen LogP contribution in [0.4, 0.5) is 5.69 Å². The Labute approximate surface area is 183 Å². The highest BCUT2D eigenvalue weighted by atomic mass is 32.2. The minimum Gasteiger partial charge on any atom is -0.479 e. The third-order valence-electron chi connectivity index (χ3n) is 5.05. The van der Waals surface area contributed by atoms with Crippen LogP contribution in [0.5, 0.6) is 5.75 Å². The molecule has 1 N–H and O–H groups in total. The number of ether oxygens (including phenoxy) is 1. The zero-order chi connectivity index (χ0) is 22.6. The standard InChI is InChI=1S/C23H27N3O4S/c1-5-26(6-2)31(28,29)21-15-19(13-12-16(21)3)25-23(27)17(4)30-20-11-7-9-18-10-8-14-24-22(18)20/h7-15,17H,5-6H2,1-4H3,(H,25,27). The van der Waals surface area contributed by atoms with Gasteiger partial charge in [0.05, 0.1) is 4.90 Å². The summed E-state index contributed by atoms with van der Waals surface area (Å²) in [6.45, 7) is 7.71. The van der Waals surface area contributed by atoms with Crippen molar-refractivity contribution in [3.8, 4) is 5.75 Å². The predicted octanol–water partition coefficient (Wildman–Crippen LogP) is 3.98. The average molecular weight is 442 g/mol. The van der Waals surface area contributed by atoms with Crippen LogP contribution in [0.2, 0.25) is 0 Å². The van der Waals surface area contributed by atoms with Gasteiger partial charge < -0.3 is 10.1 Å². The van der Waals surface area contributed by atoms with Crippen molar-refractivity contribution in [3.63, 3.8) is 0 Å². The Hall–Kier alpha value is -2.97. The molecule has 31 heavy (non-hydrogen) atoms. The lowest BCUT2D eigenvalue weighted by molar-refractivity contribution is -0.122. The number of anilines is 1. The monoisotopic (exact) mass is 441 g/mol. The molecule has 0 saturated carbocycles. The lowest BCUT2D eigenvalue weighted by atomic mass is 10.2. The van der Waals surface area contributed by atoms with Crippen molar-refractivity contribution in [3.05, 3.63) is 60.3 Å². The average Bonchev–Trinajstić information content (AvgIpc) is 2.75. The number of sulfonamides is 1. The molecule has 1 unspecified atom stereocenters. The van der Waals surface area contributed by atoms with Gasteiger partial charge in [0, 0.05) is 30.4 Å². The summed E-state index contributed by atoms with van der Waals surface area (Å²) in [6.07, 6.45) is 0.862. The van der Waals surface area contributed by atoms with Crippen molar-refractivity contribution < 1.29 is 17.9 Å². The van der Waals surface area contributed by atoms with Crippen molar-refractivity contribution in [2.24, 2.45) is 0 Å². The Morgan fingerprint density at radius 2 is 1.84 bits per heavy atom. The van der Waals surface area contributed by atoms with Crippen molar-refractivity contribution in [1.82, 2.24) is 9.29 Å². The molecular weight excluding hydrogens is 414 g/mol. The predicted molar refractivity (Wildman–Crippen MR) is 122 cm³/mol. The van der Waals surface area contributed by atoms with E-state index in [1.54, 1.807) is 52.1 Å². The van der Waals surface area contributed by atoms with E-state index < -0.39 is 16.1 Å². The van der Waals surface area contributed by atoms with Gasteiger partial charge in [-0.3, -0.25) is 9.78 Å². The van der Waals surface area contributed by atoms with Gasteiger partial charge in [0.1, 0.15) is 11.3 Å². The normalized spacial score (nSPS) is 12.7. The van der Waals surface area contributed by atoms with Crippen molar-refractivity contribution in [2.75, 3.05) is 18.4 Å². The summed E-state index contributed by atoms with van der Waals surface area (Å²) in [5.74, 6) is 0.123. The summed E-state index contributed by atoms with van der Waals surface area (Å²) in [5, 5.41) is 3.67. The third kappa shape index (κ3) is 4.86. The maximum absolute atomic E-state index is 12.9. The molecule has 7 nitrogen and oxygen atoms in total. The lowest BCUT2D eigenvalue weighted by Crippen LogP contribution is -2.32. The van der Waals surface area contributed by atoms with Crippen molar-refractivity contribution in [1.29, 1.82) is 0 Å². The molecule has 1 atom stereocenters. The highest BCUT2D eigenvalue weighted by Crippen LogP contribution is 2.26. The Morgan fingerprint density at radius 1 is 1.13 bits per heavy atom. The number of carbonyl (C=O) groups excluding carboxylic acids is 1. The fourth-order valence-electron chi connectivity index (χ4n) is 3.32. The molecule has 3 rings (SSSR count). The number of para-hydroxylation sites is 1. The summed E-state index contributed by atoms with van der Waals surface area (Å²) in [5.41, 5.74) is 1.69. The largest absolute Gasteiger partial charge is 0.479 e. The van der Waals surface area contributed by atoms with E-state index in [1.165, 1.54) is 10.4 Å². The number of hydrogen-bond donors (Lipinski definition) is 1. The highest BCUT2D eigenvalue weighted by molar-refractivity contribution is 7.89. The number of rotatable bonds is 8. The van der Waals surface area contributed by atoms with E-state index in [4.69, 9.17) is 4.74 Å². The third-order valence-corrected chi connectivity index (χ3v) is 7.24. The van der Waals surface area contributed by atoms with E-state index in [1.807, 2.05) is 24.3 Å². The second-order valence-corrected chi connectivity index (χ2v) is 9.06. The van der Waals surface area contributed by atoms with E-state index in [2.05, 4.69) is 10.3 Å². The Morgan fingerprint density at radius 3 is 2.55 bits per heavy atom. The van der Waals surface area contributed by atoms with Crippen LogP contribution in [-0.2, 0) is 14.8 Å². The van der Waals surface area contributed by atoms with Gasteiger partial charge >= 0.3 is 0 Å². The van der Waals surface area contributed by atoms with Crippen molar-refractivity contribution in [2.45, 2.75) is 38.7 Å². The number of nitrogens with one attached hydrogen (secondary N) is 1. The molecule has 8 heteroatoms. The maximum Gasteiger partial charge on any atom is 0.265 e. The molecule has 0 bridgehead atoms. The molecule has 0 radical (unpaired) electrons. The number of benzene rings is 2. The van der Waals surface area contributed by atoms with E-state index >= 15 is 0 Å². The number of nitrogens with zero attached hydrogens (tertiary/aromatic N) is 2. The number of carbonyl (C=O) groups is 1. The lowest BCUT2D eigenvalue weighted by Gasteiger charge is -2.21. The molecule has 0 spiro atoms. The number of aromatic nitrogens is 1. The van der Waals surface area contributed by atoms with E-state index in [0.29, 0.717) is 35.6 Å². The fraction of sp³-hybridized carbons (Fsp3) is 0.304. The number of hydrogen-bond acceptors (Lipinski definition) is 5. The molecule has 1 heterocycles. The Balaban J connectivity index is 1.80. The second-order valence-electron chi connectivity index (χ2n) is 7.15. The van der Waals surface area contributed by atoms with E-state index in [0.717, 1.165) is 5.39 Å². The molecule has 0 aliphatic heterocycles. The summed E-state index contributed by atoms with van der Waals surface area (Å²) in [6, 6.07) is 14.1. The summed E-state index contributed by atoms with van der Waals surface area (Å²) < 4.78 is 33.1. The first kappa shape index (κ1) is 22.7. The molecule has 0 aliphatic rings. The molecule has 0 fully saturated rings. The van der Waals surface area contributed by atoms with Gasteiger partial charge in [0.25, 0.3) is 5.91 Å². The van der Waals surface area contributed by atoms with Crippen molar-refractivity contribution >= 4 is 32.5 Å². The Bertz CT molecular complexity index is 1190. The summed E-state index contributed by atoms with van der Waals surface area (Å²) in [7, 11) is -3.64. The van der Waals surface area contributed by atoms with Crippen LogP contribution < -0.4 is 10.1 Å². The highest BCUT2D eigenvalue weighted by Gasteiger charge is 2.24. The molecule has 1 amide bonds. The molecule has 2 aromatic carbocycles. The van der Waals surface area contributed by atoms with Gasteiger partial charge in [0.2, 0.25) is 10.0 Å². The quantitative estimate of drug-likeness (QED) is 0.571. The van der Waals surface area contributed by atoms with Crippen LogP contribution in [0.15, 0.2) is 59.6 Å². The first-order valence-corrected chi connectivity index (χ1v) is 11.6. The zero-order valence-corrected chi connectivity index (χ0v) is 18.9. The minimum absolute atomic E-state index is 0.181. The minimum atomic E-state index is -3.64. The molecule has 1 aromatic heterocycles. The van der Waals surface area contributed by atoms with E-state index in [9.17, 15) is 13.2 Å². The Kier molecular flexibility index (Phi) is 6.92. The fourth-order valence-corrected chi connectivity index (χ4v) is 5.03. The van der Waals surface area contributed by atoms with E-state index in [-0.39, 0.29) is 10.8 Å². The maximum atomic E-state index is 12.9. The van der Waals surface area contributed by atoms with Crippen LogP contribution in [-0.4, -0.2) is 42.8 Å². The van der Waals surface area contributed by atoms with Crippen LogP contribution >= 0.6 is 0 Å². The number of amides is 1. The molecule has 164 valence electrons. The van der Waals surface area contributed by atoms with Crippen LogP contribution in [0.1, 0.15) is 26.3 Å². The van der Waals surface area contributed by atoms with Gasteiger partial charge in [-0.1, -0.05) is 38.1 Å². The molecule has 3 aromatic rings. The van der Waals surface area contributed by atoms with Gasteiger partial charge in [-0.15, -0.1) is 0 Å². The molecular formula is C23H27N3O4S. The number of aryl methyl sites for hydroxylation is 1. The van der Waals surface area contributed by atoms with Gasteiger partial charge in [-0.25, -0.2) is 8.42 Å². The van der Waals surface area contributed by atoms with Gasteiger partial charge in [-0.2, -0.15) is 4.31 Å². The first-order chi connectivity index (χ1) is 14.8. The molecule has 0 saturated heterocycles. The smallest absolute Gasteiger partial charge is 0.265 e. The zero-order valence-electron chi connectivity index (χ0n) is 18.1. The number of fused-ring (bicyclic) bond motifs is 1. The topological polar surface area (TPSA) is 88.6 Å². The number of pyridine rings is 1. The summed E-state index contributed by atoms with van der Waals surface area (Å²) >= 11 is 0. The van der Waals surface area contributed by atoms with Gasteiger partial charge in [0.15, 0.2) is 6.10 Å². The molecule has 0 aliphatic carbocycles. The van der Waals surface area contributed by atoms with Crippen LogP contribution in [0.3, 0.4) is 0 Å².